The molecule has 0 unspecified atom stereocenters. The number of hydrogen-bond donors (Lipinski definition) is 1. The van der Waals surface area contributed by atoms with Crippen LogP contribution in [-0.4, -0.2) is 60.9 Å². The van der Waals surface area contributed by atoms with Gasteiger partial charge in [0.2, 0.25) is 0 Å². The predicted molar refractivity (Wildman–Crippen MR) is 55.2 cm³/mol. The van der Waals surface area contributed by atoms with Gasteiger partial charge in [0, 0.05) is 32.7 Å². The largest absolute Gasteiger partial charge is 0.336 e. The van der Waals surface area contributed by atoms with E-state index in [0.29, 0.717) is 25.7 Å². The van der Waals surface area contributed by atoms with Crippen LogP contribution < -0.4 is 5.32 Å². The van der Waals surface area contributed by atoms with Gasteiger partial charge in [0.15, 0.2) is 0 Å². The smallest absolute Gasteiger partial charge is 0.312 e. The minimum atomic E-state index is -0.376. The molecule has 0 aromatic heterocycles. The maximum Gasteiger partial charge on any atom is 0.312 e. The standard InChI is InChI=1S/C10H17N3O2/c1-12-5-6-13(10(15)9(12)14)7-8-3-2-4-11-8/h8,11H,2-7H2,1H3/t8-/m0/s1. The van der Waals surface area contributed by atoms with Crippen molar-refractivity contribution in [3.05, 3.63) is 0 Å². The van der Waals surface area contributed by atoms with Gasteiger partial charge in [-0.2, -0.15) is 0 Å². The lowest BCUT2D eigenvalue weighted by atomic mass is 10.2. The van der Waals surface area contributed by atoms with Crippen LogP contribution in [0.5, 0.6) is 0 Å². The molecule has 2 saturated heterocycles. The van der Waals surface area contributed by atoms with Crippen LogP contribution in [0.1, 0.15) is 12.8 Å². The molecule has 2 amide bonds. The van der Waals surface area contributed by atoms with Gasteiger partial charge in [-0.05, 0) is 19.4 Å². The van der Waals surface area contributed by atoms with Crippen molar-refractivity contribution < 1.29 is 9.59 Å². The summed E-state index contributed by atoms with van der Waals surface area (Å²) in [5.41, 5.74) is 0. The lowest BCUT2D eigenvalue weighted by Gasteiger charge is -2.33. The molecule has 0 aliphatic carbocycles. The molecule has 2 heterocycles. The van der Waals surface area contributed by atoms with Crippen molar-refractivity contribution in [2.45, 2.75) is 18.9 Å². The number of nitrogens with zero attached hydrogens (tertiary/aromatic N) is 2. The van der Waals surface area contributed by atoms with Crippen LogP contribution in [0.25, 0.3) is 0 Å². The van der Waals surface area contributed by atoms with E-state index in [-0.39, 0.29) is 11.8 Å². The number of rotatable bonds is 2. The summed E-state index contributed by atoms with van der Waals surface area (Å²) >= 11 is 0. The molecule has 2 rings (SSSR count). The van der Waals surface area contributed by atoms with E-state index in [1.54, 1.807) is 11.9 Å². The molecule has 2 aliphatic rings. The zero-order chi connectivity index (χ0) is 10.8. The first-order valence-corrected chi connectivity index (χ1v) is 5.46. The van der Waals surface area contributed by atoms with E-state index in [2.05, 4.69) is 5.32 Å². The summed E-state index contributed by atoms with van der Waals surface area (Å²) in [7, 11) is 1.67. The lowest BCUT2D eigenvalue weighted by molar-refractivity contribution is -0.155. The van der Waals surface area contributed by atoms with E-state index in [0.717, 1.165) is 13.0 Å². The van der Waals surface area contributed by atoms with Gasteiger partial charge in [0.05, 0.1) is 0 Å². The van der Waals surface area contributed by atoms with Gasteiger partial charge in [-0.15, -0.1) is 0 Å². The maximum atomic E-state index is 11.6. The third kappa shape index (κ3) is 2.12. The first-order valence-electron chi connectivity index (χ1n) is 5.46. The number of amides is 2. The number of carbonyl (C=O) groups excluding carboxylic acids is 2. The lowest BCUT2D eigenvalue weighted by Crippen LogP contribution is -2.55. The summed E-state index contributed by atoms with van der Waals surface area (Å²) in [5, 5.41) is 3.33. The van der Waals surface area contributed by atoms with Crippen molar-refractivity contribution in [3.8, 4) is 0 Å². The normalized spacial score (nSPS) is 27.7. The summed E-state index contributed by atoms with van der Waals surface area (Å²) in [6.07, 6.45) is 2.27. The van der Waals surface area contributed by atoms with Crippen LogP contribution in [-0.2, 0) is 9.59 Å². The Hall–Kier alpha value is -1.10. The second-order valence-electron chi connectivity index (χ2n) is 4.27. The molecule has 2 fully saturated rings. The van der Waals surface area contributed by atoms with Crippen molar-refractivity contribution >= 4 is 11.8 Å². The van der Waals surface area contributed by atoms with Crippen molar-refractivity contribution in [1.82, 2.24) is 15.1 Å². The zero-order valence-electron chi connectivity index (χ0n) is 9.03. The van der Waals surface area contributed by atoms with Crippen LogP contribution in [0.2, 0.25) is 0 Å². The number of piperazine rings is 1. The molecule has 0 bridgehead atoms. The third-order valence-electron chi connectivity index (χ3n) is 3.13. The number of nitrogens with one attached hydrogen (secondary N) is 1. The van der Waals surface area contributed by atoms with Crippen LogP contribution in [0.3, 0.4) is 0 Å². The fraction of sp³-hybridized carbons (Fsp3) is 0.800. The van der Waals surface area contributed by atoms with Crippen LogP contribution in [0.15, 0.2) is 0 Å². The Balaban J connectivity index is 1.92. The molecule has 0 saturated carbocycles. The van der Waals surface area contributed by atoms with E-state index in [1.807, 2.05) is 0 Å². The average molecular weight is 211 g/mol. The molecule has 0 radical (unpaired) electrons. The van der Waals surface area contributed by atoms with Gasteiger partial charge in [0.1, 0.15) is 0 Å². The van der Waals surface area contributed by atoms with E-state index < -0.39 is 0 Å². The van der Waals surface area contributed by atoms with Gasteiger partial charge >= 0.3 is 11.8 Å². The highest BCUT2D eigenvalue weighted by atomic mass is 16.2. The van der Waals surface area contributed by atoms with Crippen LogP contribution in [0, 0.1) is 0 Å². The van der Waals surface area contributed by atoms with Crippen molar-refractivity contribution in [2.24, 2.45) is 0 Å². The Kier molecular flexibility index (Phi) is 2.90. The second-order valence-corrected chi connectivity index (χ2v) is 4.27. The summed E-state index contributed by atoms with van der Waals surface area (Å²) in [6.45, 7) is 3.02. The quantitative estimate of drug-likeness (QED) is 0.598. The van der Waals surface area contributed by atoms with Gasteiger partial charge in [-0.25, -0.2) is 0 Å². The number of hydrogen-bond acceptors (Lipinski definition) is 3. The van der Waals surface area contributed by atoms with E-state index >= 15 is 0 Å². The van der Waals surface area contributed by atoms with Crippen molar-refractivity contribution in [1.29, 1.82) is 0 Å². The molecule has 5 nitrogen and oxygen atoms in total. The third-order valence-corrected chi connectivity index (χ3v) is 3.13. The summed E-state index contributed by atoms with van der Waals surface area (Å²) < 4.78 is 0. The zero-order valence-corrected chi connectivity index (χ0v) is 9.03. The highest BCUT2D eigenvalue weighted by molar-refractivity contribution is 6.35. The minimum absolute atomic E-state index is 0.350. The van der Waals surface area contributed by atoms with Gasteiger partial charge in [-0.1, -0.05) is 0 Å². The highest BCUT2D eigenvalue weighted by Gasteiger charge is 2.31. The molecule has 1 atom stereocenters. The van der Waals surface area contributed by atoms with Crippen LogP contribution >= 0.6 is 0 Å². The fourth-order valence-electron chi connectivity index (χ4n) is 2.13. The molecule has 1 N–H and O–H groups in total. The van der Waals surface area contributed by atoms with Gasteiger partial charge < -0.3 is 15.1 Å². The Bertz CT molecular complexity index is 274. The molecule has 0 spiro atoms. The SMILES string of the molecule is CN1CCN(C[C@@H]2CCCN2)C(=O)C1=O. The van der Waals surface area contributed by atoms with E-state index in [1.165, 1.54) is 11.3 Å². The fourth-order valence-corrected chi connectivity index (χ4v) is 2.13. The number of carbonyl (C=O) groups is 2. The average Bonchev–Trinajstić information content (AvgIpc) is 2.72. The highest BCUT2D eigenvalue weighted by Crippen LogP contribution is 2.10. The second kappa shape index (κ2) is 4.18. The molecular weight excluding hydrogens is 194 g/mol. The molecule has 5 heteroatoms. The van der Waals surface area contributed by atoms with Crippen LogP contribution in [0.4, 0.5) is 0 Å². The predicted octanol–water partition coefficient (Wildman–Crippen LogP) is -0.961. The molecule has 84 valence electrons. The van der Waals surface area contributed by atoms with Crippen molar-refractivity contribution in [3.63, 3.8) is 0 Å². The minimum Gasteiger partial charge on any atom is -0.336 e. The molecule has 0 aromatic rings. The monoisotopic (exact) mass is 211 g/mol. The molecule has 15 heavy (non-hydrogen) atoms. The summed E-state index contributed by atoms with van der Waals surface area (Å²) in [6, 6.07) is 0.380. The first-order chi connectivity index (χ1) is 7.18. The Morgan fingerprint density at radius 2 is 2.13 bits per heavy atom. The van der Waals surface area contributed by atoms with E-state index in [9.17, 15) is 9.59 Å². The maximum absolute atomic E-state index is 11.6. The van der Waals surface area contributed by atoms with Gasteiger partial charge in [0.25, 0.3) is 0 Å². The molecule has 2 aliphatic heterocycles. The van der Waals surface area contributed by atoms with Crippen molar-refractivity contribution in [2.75, 3.05) is 33.2 Å². The van der Waals surface area contributed by atoms with Gasteiger partial charge in [-0.3, -0.25) is 9.59 Å². The topological polar surface area (TPSA) is 52.6 Å². The first kappa shape index (κ1) is 10.4. The molecule has 0 aromatic carbocycles. The number of likely N-dealkylation sites (N-methyl/N-ethyl adjacent to an activating group) is 1. The Morgan fingerprint density at radius 3 is 2.80 bits per heavy atom. The Labute approximate surface area is 89.4 Å². The van der Waals surface area contributed by atoms with E-state index in [4.69, 9.17) is 0 Å². The summed E-state index contributed by atoms with van der Waals surface area (Å²) in [5.74, 6) is -0.725. The summed E-state index contributed by atoms with van der Waals surface area (Å²) in [4.78, 5) is 26.2. The Morgan fingerprint density at radius 1 is 1.33 bits per heavy atom. The molecular formula is C10H17N3O2.